The Balaban J connectivity index is 0. The molecule has 4 heteroatoms. The Labute approximate surface area is 75.6 Å². The summed E-state index contributed by atoms with van der Waals surface area (Å²) < 4.78 is 27.0. The van der Waals surface area contributed by atoms with Crippen LogP contribution in [0.1, 0.15) is 18.2 Å². The molecule has 1 radical (unpaired) electrons. The molecule has 0 aliphatic carbocycles. The number of aliphatic hydroxyl groups excluding tert-OH is 1. The van der Waals surface area contributed by atoms with Crippen LogP contribution in [0, 0.1) is 0 Å². The van der Waals surface area contributed by atoms with Gasteiger partial charge in [0.2, 0.25) is 0 Å². The van der Waals surface area contributed by atoms with Crippen LogP contribution in [0.25, 0.3) is 0 Å². The smallest absolute Gasteiger partial charge is 0.303 e. The largest absolute Gasteiger partial charge is 0.481 e. The fourth-order valence-corrected chi connectivity index (χ4v) is 0.115. The van der Waals surface area contributed by atoms with Crippen molar-refractivity contribution in [3.05, 3.63) is 0 Å². The van der Waals surface area contributed by atoms with Crippen molar-refractivity contribution in [3.8, 4) is 0 Å². The van der Waals surface area contributed by atoms with Gasteiger partial charge in [-0.05, 0) is 6.37 Å². The average Bonchev–Trinajstić information content (AvgIpc) is 1.87. The summed E-state index contributed by atoms with van der Waals surface area (Å²) in [5.41, 5.74) is 0. The van der Waals surface area contributed by atoms with E-state index in [1.165, 1.54) is 0 Å². The van der Waals surface area contributed by atoms with Gasteiger partial charge in [-0.25, -0.2) is 0 Å². The Morgan fingerprint density at radius 1 is 1.75 bits per heavy atom. The van der Waals surface area contributed by atoms with Gasteiger partial charge in [0.1, 0.15) is 0 Å². The third-order valence-corrected chi connectivity index (χ3v) is 0.274. The molecule has 0 saturated heterocycles. The molecule has 0 aromatic carbocycles. The van der Waals surface area contributed by atoms with Crippen molar-refractivity contribution in [2.75, 3.05) is 6.61 Å². The Kier molecular flexibility index (Phi) is 3.97. The summed E-state index contributed by atoms with van der Waals surface area (Å²) in [6, 6.07) is 0. The number of aliphatic hydroxyl groups is 1. The monoisotopic (exact) mass is 131 g/mol. The molecule has 0 bridgehead atoms. The van der Waals surface area contributed by atoms with Crippen LogP contribution in [0.3, 0.4) is 0 Å². The molecule has 2 N–H and O–H groups in total. The van der Waals surface area contributed by atoms with Crippen LogP contribution in [0.5, 0.6) is 0 Å². The number of carboxylic acid groups (broad SMARTS) is 1. The molecule has 0 heterocycles. The van der Waals surface area contributed by atoms with Gasteiger partial charge in [-0.15, -0.1) is 0 Å². The molecule has 0 aromatic rings. The maximum atomic E-state index is 10.1. The van der Waals surface area contributed by atoms with Gasteiger partial charge in [0.05, 0.1) is 0 Å². The minimum absolute atomic E-state index is 0. The molecular formula is C4H8NaO3. The maximum absolute atomic E-state index is 10.1. The number of carbonyl (C=O) groups is 1. The second kappa shape index (κ2) is 7.43. The first-order valence-corrected chi connectivity index (χ1v) is 1.60. The van der Waals surface area contributed by atoms with E-state index in [2.05, 4.69) is 0 Å². The molecule has 0 unspecified atom stereocenters. The van der Waals surface area contributed by atoms with Crippen molar-refractivity contribution < 1.29 is 20.5 Å². The van der Waals surface area contributed by atoms with Gasteiger partial charge in [-0.3, -0.25) is 4.79 Å². The van der Waals surface area contributed by atoms with Gasteiger partial charge < -0.3 is 10.2 Å². The first kappa shape index (κ1) is 4.28. The molecule has 0 fully saturated rings. The van der Waals surface area contributed by atoms with E-state index in [-0.39, 0.29) is 29.6 Å². The predicted octanol–water partition coefficient (Wildman–Crippen LogP) is -0.537. The van der Waals surface area contributed by atoms with Gasteiger partial charge in [0.15, 0.2) is 0 Å². The quantitative estimate of drug-likeness (QED) is 0.506. The van der Waals surface area contributed by atoms with Crippen molar-refractivity contribution in [2.45, 2.75) is 12.7 Å². The number of hydrogen-bond donors (Lipinski definition) is 2. The van der Waals surface area contributed by atoms with Crippen LogP contribution in [0.2, 0.25) is 0 Å². The van der Waals surface area contributed by atoms with Gasteiger partial charge in [0.25, 0.3) is 0 Å². The molecule has 43 valence electrons. The van der Waals surface area contributed by atoms with Crippen LogP contribution in [-0.4, -0.2) is 52.3 Å². The van der Waals surface area contributed by atoms with Crippen LogP contribution in [0.15, 0.2) is 0 Å². The van der Waals surface area contributed by atoms with Crippen LogP contribution >= 0.6 is 0 Å². The van der Waals surface area contributed by atoms with E-state index in [9.17, 15) is 4.79 Å². The molecule has 0 amide bonds. The summed E-state index contributed by atoms with van der Waals surface area (Å²) in [5, 5.41) is 16.5. The molecule has 0 aromatic heterocycles. The van der Waals surface area contributed by atoms with E-state index < -0.39 is 25.3 Å². The number of aliphatic carboxylic acids is 1. The van der Waals surface area contributed by atoms with Crippen molar-refractivity contribution in [2.24, 2.45) is 0 Å². The van der Waals surface area contributed by atoms with Crippen LogP contribution in [0.4, 0.5) is 0 Å². The van der Waals surface area contributed by atoms with E-state index in [0.29, 0.717) is 0 Å². The first-order valence-electron chi connectivity index (χ1n) is 3.60. The van der Waals surface area contributed by atoms with E-state index in [1.807, 2.05) is 0 Å². The third-order valence-electron chi connectivity index (χ3n) is 0.274. The molecule has 0 aliphatic heterocycles. The summed E-state index contributed by atoms with van der Waals surface area (Å²) in [4.78, 5) is 10.1. The zero-order chi connectivity index (χ0) is 9.28. The van der Waals surface area contributed by atoms with E-state index in [1.54, 1.807) is 0 Å². The maximum Gasteiger partial charge on any atom is 0.303 e. The Hall–Kier alpha value is 0.430. The molecule has 0 aliphatic rings. The molecule has 0 rings (SSSR count). The predicted molar refractivity (Wildman–Crippen MR) is 29.7 cm³/mol. The van der Waals surface area contributed by atoms with E-state index in [0.717, 1.165) is 0 Å². The fraction of sp³-hybridized carbons (Fsp3) is 0.750. The summed E-state index contributed by atoms with van der Waals surface area (Å²) in [7, 11) is 0. The topological polar surface area (TPSA) is 57.5 Å². The summed E-state index contributed by atoms with van der Waals surface area (Å²) >= 11 is 0. The van der Waals surface area contributed by atoms with Crippen LogP contribution < -0.4 is 0 Å². The summed E-state index contributed by atoms with van der Waals surface area (Å²) in [6.45, 7) is -1.16. The summed E-state index contributed by atoms with van der Waals surface area (Å²) in [6.07, 6.45) is -5.80. The standard InChI is InChI=1S/C4H8O3.Na/c5-3-1-2-4(6)7;/h5H,1-3H2,(H,6,7);/i1D2,2D2;. The molecule has 0 atom stereocenters. The molecular weight excluding hydrogens is 119 g/mol. The van der Waals surface area contributed by atoms with Gasteiger partial charge in [-0.1, -0.05) is 0 Å². The summed E-state index contributed by atoms with van der Waals surface area (Å²) in [5.74, 6) is -1.92. The minimum Gasteiger partial charge on any atom is -0.481 e. The number of hydrogen-bond acceptors (Lipinski definition) is 2. The second-order valence-electron chi connectivity index (χ2n) is 0.765. The SMILES string of the molecule is [2H]C([2H])(CO)C([2H])([2H])C(=O)O.[Na]. The van der Waals surface area contributed by atoms with Crippen molar-refractivity contribution in [1.29, 1.82) is 0 Å². The van der Waals surface area contributed by atoms with E-state index in [4.69, 9.17) is 15.7 Å². The minimum atomic E-state index is -3.05. The Morgan fingerprint density at radius 3 is 2.38 bits per heavy atom. The second-order valence-corrected chi connectivity index (χ2v) is 0.765. The third kappa shape index (κ3) is 9.66. The first-order chi connectivity index (χ1) is 4.75. The van der Waals surface area contributed by atoms with Crippen molar-refractivity contribution >= 4 is 35.5 Å². The van der Waals surface area contributed by atoms with Crippen molar-refractivity contribution in [1.82, 2.24) is 0 Å². The molecule has 0 spiro atoms. The zero-order valence-corrected chi connectivity index (χ0v) is 6.51. The molecule has 0 saturated carbocycles. The Morgan fingerprint density at radius 2 is 2.25 bits per heavy atom. The normalized spacial score (nSPS) is 18.6. The van der Waals surface area contributed by atoms with Gasteiger partial charge in [-0.2, -0.15) is 0 Å². The van der Waals surface area contributed by atoms with Crippen molar-refractivity contribution in [3.63, 3.8) is 0 Å². The Bertz CT molecular complexity index is 172. The molecule has 8 heavy (non-hydrogen) atoms. The number of rotatable bonds is 3. The average molecular weight is 131 g/mol. The molecule has 3 nitrogen and oxygen atoms in total. The van der Waals surface area contributed by atoms with E-state index >= 15 is 0 Å². The van der Waals surface area contributed by atoms with Crippen LogP contribution in [-0.2, 0) is 4.79 Å². The van der Waals surface area contributed by atoms with Gasteiger partial charge >= 0.3 is 5.97 Å². The number of carboxylic acids is 1. The van der Waals surface area contributed by atoms with Gasteiger partial charge in [0, 0.05) is 48.0 Å². The fourth-order valence-electron chi connectivity index (χ4n) is 0.115. The zero-order valence-electron chi connectivity index (χ0n) is 8.51.